The van der Waals surface area contributed by atoms with Crippen LogP contribution in [0.2, 0.25) is 0 Å². The summed E-state index contributed by atoms with van der Waals surface area (Å²) in [5.74, 6) is 0. The number of hydrogen-bond acceptors (Lipinski definition) is 4. The second kappa shape index (κ2) is 7.74. The topological polar surface area (TPSA) is 36.9 Å². The lowest BCUT2D eigenvalue weighted by Gasteiger charge is -2.24. The monoisotopic (exact) mass is 292 g/mol. The largest absolute Gasteiger partial charge is 0.230 e. The molecule has 0 aromatic carbocycles. The summed E-state index contributed by atoms with van der Waals surface area (Å²) in [6.45, 7) is 23.5. The normalized spacial score (nSPS) is 13.8. The minimum absolute atomic E-state index is 0.215. The molecule has 4 heteroatoms. The van der Waals surface area contributed by atoms with E-state index in [0.29, 0.717) is 0 Å². The van der Waals surface area contributed by atoms with Gasteiger partial charge in [0, 0.05) is 0 Å². The maximum absolute atomic E-state index is 5.09. The number of rotatable bonds is 2. The standard InChI is InChI=1S/2C8H18O2/c2*1-7(2,3)9-10-8(4,5)6/h2*1-6H3. The van der Waals surface area contributed by atoms with Gasteiger partial charge in [0.2, 0.25) is 0 Å². The highest BCUT2D eigenvalue weighted by Gasteiger charge is 2.19. The van der Waals surface area contributed by atoms with E-state index in [2.05, 4.69) is 0 Å². The highest BCUT2D eigenvalue weighted by atomic mass is 17.2. The molecule has 0 rings (SSSR count). The quantitative estimate of drug-likeness (QED) is 0.526. The summed E-state index contributed by atoms with van der Waals surface area (Å²) in [6, 6.07) is 0. The van der Waals surface area contributed by atoms with Crippen molar-refractivity contribution in [1.29, 1.82) is 0 Å². The Bertz CT molecular complexity index is 190. The zero-order valence-corrected chi connectivity index (χ0v) is 15.6. The second-order valence-corrected chi connectivity index (χ2v) is 8.78. The highest BCUT2D eigenvalue weighted by Crippen LogP contribution is 2.15. The van der Waals surface area contributed by atoms with E-state index in [9.17, 15) is 0 Å². The maximum atomic E-state index is 5.09. The summed E-state index contributed by atoms with van der Waals surface area (Å²) in [4.78, 5) is 20.4. The molecule has 0 aliphatic rings. The Kier molecular flexibility index (Phi) is 8.56. The third-order valence-electron chi connectivity index (χ3n) is 1.08. The first-order valence-electron chi connectivity index (χ1n) is 7.15. The van der Waals surface area contributed by atoms with Gasteiger partial charge < -0.3 is 0 Å². The van der Waals surface area contributed by atoms with Gasteiger partial charge in [-0.05, 0) is 83.1 Å². The lowest BCUT2D eigenvalue weighted by Crippen LogP contribution is -2.27. The molecule has 0 unspecified atom stereocenters. The summed E-state index contributed by atoms with van der Waals surface area (Å²) < 4.78 is 0. The minimum atomic E-state index is -0.215. The Morgan fingerprint density at radius 1 is 0.300 bits per heavy atom. The molecule has 0 saturated carbocycles. The van der Waals surface area contributed by atoms with Gasteiger partial charge in [-0.15, -0.1) is 0 Å². The van der Waals surface area contributed by atoms with E-state index in [4.69, 9.17) is 19.6 Å². The van der Waals surface area contributed by atoms with Crippen molar-refractivity contribution in [3.8, 4) is 0 Å². The molecule has 0 heterocycles. The predicted octanol–water partition coefficient (Wildman–Crippen LogP) is 5.06. The van der Waals surface area contributed by atoms with Gasteiger partial charge in [-0.1, -0.05) is 0 Å². The van der Waals surface area contributed by atoms with Crippen molar-refractivity contribution in [2.24, 2.45) is 0 Å². The molecule has 0 bridgehead atoms. The third-order valence-corrected chi connectivity index (χ3v) is 1.08. The summed E-state index contributed by atoms with van der Waals surface area (Å²) in [7, 11) is 0. The van der Waals surface area contributed by atoms with Crippen LogP contribution in [0.1, 0.15) is 83.1 Å². The van der Waals surface area contributed by atoms with Gasteiger partial charge >= 0.3 is 0 Å². The fourth-order valence-corrected chi connectivity index (χ4v) is 0.500. The van der Waals surface area contributed by atoms with E-state index < -0.39 is 0 Å². The molecule has 0 N–H and O–H groups in total. The Morgan fingerprint density at radius 2 is 0.400 bits per heavy atom. The lowest BCUT2D eigenvalue weighted by atomic mass is 10.2. The molecular weight excluding hydrogens is 256 g/mol. The summed E-state index contributed by atoms with van der Waals surface area (Å²) in [6.07, 6.45) is 0. The molecule has 124 valence electrons. The van der Waals surface area contributed by atoms with Crippen molar-refractivity contribution in [1.82, 2.24) is 0 Å². The Balaban J connectivity index is 0. The molecule has 0 saturated heterocycles. The molecule has 0 aliphatic carbocycles. The third kappa shape index (κ3) is 26.4. The molecule has 0 radical (unpaired) electrons. The number of hydrogen-bond donors (Lipinski definition) is 0. The minimum Gasteiger partial charge on any atom is -0.230 e. The average Bonchev–Trinajstić information content (AvgIpc) is 2.09. The van der Waals surface area contributed by atoms with Crippen LogP contribution in [0.25, 0.3) is 0 Å². The van der Waals surface area contributed by atoms with Crippen molar-refractivity contribution in [3.63, 3.8) is 0 Å². The van der Waals surface area contributed by atoms with Crippen molar-refractivity contribution < 1.29 is 19.6 Å². The van der Waals surface area contributed by atoms with E-state index in [1.54, 1.807) is 0 Å². The SMILES string of the molecule is CC(C)(C)OOC(C)(C)C.CC(C)(C)OOC(C)(C)C. The second-order valence-electron chi connectivity index (χ2n) is 8.78. The Morgan fingerprint density at radius 3 is 0.450 bits per heavy atom. The summed E-state index contributed by atoms with van der Waals surface area (Å²) >= 11 is 0. The molecule has 0 fully saturated rings. The van der Waals surface area contributed by atoms with Gasteiger partial charge in [-0.2, -0.15) is 0 Å². The van der Waals surface area contributed by atoms with Crippen LogP contribution in [0, 0.1) is 0 Å². The average molecular weight is 292 g/mol. The zero-order chi connectivity index (χ0) is 16.8. The molecule has 0 aliphatic heterocycles. The van der Waals surface area contributed by atoms with Crippen molar-refractivity contribution >= 4 is 0 Å². The molecule has 0 spiro atoms. The molecule has 4 nitrogen and oxygen atoms in total. The van der Waals surface area contributed by atoms with Crippen LogP contribution in [0.15, 0.2) is 0 Å². The van der Waals surface area contributed by atoms with Crippen LogP contribution in [-0.4, -0.2) is 22.4 Å². The van der Waals surface area contributed by atoms with Crippen LogP contribution < -0.4 is 0 Å². The van der Waals surface area contributed by atoms with Crippen molar-refractivity contribution in [3.05, 3.63) is 0 Å². The Labute approximate surface area is 126 Å². The molecule has 0 aromatic heterocycles. The lowest BCUT2D eigenvalue weighted by molar-refractivity contribution is -0.393. The predicted molar refractivity (Wildman–Crippen MR) is 83.4 cm³/mol. The fraction of sp³-hybridized carbons (Fsp3) is 1.00. The van der Waals surface area contributed by atoms with Crippen LogP contribution >= 0.6 is 0 Å². The van der Waals surface area contributed by atoms with E-state index in [1.165, 1.54) is 0 Å². The van der Waals surface area contributed by atoms with E-state index in [1.807, 2.05) is 83.1 Å². The molecular formula is C16H36O4. The van der Waals surface area contributed by atoms with Crippen molar-refractivity contribution in [2.45, 2.75) is 105 Å². The van der Waals surface area contributed by atoms with Gasteiger partial charge in [0.05, 0.1) is 22.4 Å². The zero-order valence-electron chi connectivity index (χ0n) is 15.6. The van der Waals surface area contributed by atoms with Gasteiger partial charge in [0.25, 0.3) is 0 Å². The van der Waals surface area contributed by atoms with Gasteiger partial charge in [-0.3, -0.25) is 0 Å². The van der Waals surface area contributed by atoms with Gasteiger partial charge in [-0.25, -0.2) is 19.6 Å². The molecule has 0 aromatic rings. The fourth-order valence-electron chi connectivity index (χ4n) is 0.500. The van der Waals surface area contributed by atoms with Gasteiger partial charge in [0.1, 0.15) is 0 Å². The first kappa shape index (κ1) is 22.1. The Hall–Kier alpha value is -0.160. The van der Waals surface area contributed by atoms with E-state index >= 15 is 0 Å². The van der Waals surface area contributed by atoms with Crippen molar-refractivity contribution in [2.75, 3.05) is 0 Å². The van der Waals surface area contributed by atoms with Crippen LogP contribution in [0.3, 0.4) is 0 Å². The van der Waals surface area contributed by atoms with E-state index in [-0.39, 0.29) is 22.4 Å². The summed E-state index contributed by atoms with van der Waals surface area (Å²) in [5.41, 5.74) is -0.860. The first-order chi connectivity index (χ1) is 8.41. The highest BCUT2D eigenvalue weighted by molar-refractivity contribution is 4.59. The van der Waals surface area contributed by atoms with Crippen LogP contribution in [0.5, 0.6) is 0 Å². The van der Waals surface area contributed by atoms with Gasteiger partial charge in [0.15, 0.2) is 0 Å². The smallest absolute Gasteiger partial charge is 0.0952 e. The first-order valence-corrected chi connectivity index (χ1v) is 7.15. The molecule has 0 atom stereocenters. The van der Waals surface area contributed by atoms with Crippen LogP contribution in [0.4, 0.5) is 0 Å². The molecule has 20 heavy (non-hydrogen) atoms. The summed E-state index contributed by atoms with van der Waals surface area (Å²) in [5, 5.41) is 0. The van der Waals surface area contributed by atoms with E-state index in [0.717, 1.165) is 0 Å². The molecule has 0 amide bonds. The maximum Gasteiger partial charge on any atom is 0.0952 e. The van der Waals surface area contributed by atoms with Crippen LogP contribution in [-0.2, 0) is 19.6 Å².